The molecule has 0 aliphatic heterocycles. The Morgan fingerprint density at radius 1 is 0.788 bits per heavy atom. The molecule has 0 aliphatic rings. The highest BCUT2D eigenvalue weighted by atomic mass is 16.5. The highest BCUT2D eigenvalue weighted by molar-refractivity contribution is 5.68. The summed E-state index contributed by atoms with van der Waals surface area (Å²) in [6.45, 7) is 1.51. The lowest BCUT2D eigenvalue weighted by Crippen LogP contribution is -2.46. The van der Waals surface area contributed by atoms with E-state index in [9.17, 15) is 9.59 Å². The summed E-state index contributed by atoms with van der Waals surface area (Å²) < 4.78 is 4.62. The second-order valence-corrected chi connectivity index (χ2v) is 8.27. The monoisotopic (exact) mass is 476 g/mol. The standard InChI is InChI=1S/C19H36O2.C6H12O6/c1-3-4-5-6-7-8-9-10-11-12-13-14-15-16-17-18-19(20)21-2;7-1-3(9)5(11)6(12)4(10)2-8/h10-11H,3-9,12-18H2,1-2H3;1,3-6,8-12H,2H2/b11-10-;/t;3-,4+,5+,6+/m.0/s1. The second-order valence-electron chi connectivity index (χ2n) is 8.27. The molecule has 0 rings (SSSR count). The van der Waals surface area contributed by atoms with Gasteiger partial charge >= 0.3 is 5.97 Å². The van der Waals surface area contributed by atoms with E-state index in [1.807, 2.05) is 0 Å². The third-order valence-corrected chi connectivity index (χ3v) is 5.29. The van der Waals surface area contributed by atoms with Gasteiger partial charge in [-0.1, -0.05) is 70.4 Å². The van der Waals surface area contributed by atoms with Gasteiger partial charge in [0.25, 0.3) is 0 Å². The lowest BCUT2D eigenvalue weighted by Gasteiger charge is -2.22. The van der Waals surface area contributed by atoms with Crippen LogP contribution in [0.25, 0.3) is 0 Å². The summed E-state index contributed by atoms with van der Waals surface area (Å²) in [5, 5.41) is 43.5. The van der Waals surface area contributed by atoms with Gasteiger partial charge in [0.15, 0.2) is 6.29 Å². The first-order valence-electron chi connectivity index (χ1n) is 12.4. The van der Waals surface area contributed by atoms with Crippen LogP contribution in [-0.4, -0.2) is 75.9 Å². The van der Waals surface area contributed by atoms with Crippen molar-refractivity contribution in [3.63, 3.8) is 0 Å². The van der Waals surface area contributed by atoms with Crippen LogP contribution in [0.15, 0.2) is 12.2 Å². The number of methoxy groups -OCH3 is 1. The number of aldehydes is 1. The maximum absolute atomic E-state index is 10.9. The first-order valence-corrected chi connectivity index (χ1v) is 12.4. The number of unbranched alkanes of at least 4 members (excludes halogenated alkanes) is 11. The molecule has 33 heavy (non-hydrogen) atoms. The first kappa shape index (κ1) is 33.9. The van der Waals surface area contributed by atoms with E-state index in [1.165, 1.54) is 77.7 Å². The van der Waals surface area contributed by atoms with Gasteiger partial charge in [0.2, 0.25) is 0 Å². The number of aliphatic hydroxyl groups is 5. The zero-order chi connectivity index (χ0) is 25.3. The lowest BCUT2D eigenvalue weighted by atomic mass is 10.0. The molecule has 196 valence electrons. The Morgan fingerprint density at radius 3 is 1.73 bits per heavy atom. The van der Waals surface area contributed by atoms with Crippen molar-refractivity contribution in [1.29, 1.82) is 0 Å². The average Bonchev–Trinajstić information content (AvgIpc) is 2.84. The highest BCUT2D eigenvalue weighted by Crippen LogP contribution is 2.10. The van der Waals surface area contributed by atoms with Gasteiger partial charge in [0.05, 0.1) is 13.7 Å². The van der Waals surface area contributed by atoms with Crippen LogP contribution in [0.4, 0.5) is 0 Å². The number of rotatable bonds is 20. The van der Waals surface area contributed by atoms with E-state index in [2.05, 4.69) is 23.8 Å². The molecule has 0 fully saturated rings. The molecule has 0 spiro atoms. The minimum Gasteiger partial charge on any atom is -0.469 e. The second kappa shape index (κ2) is 25.3. The van der Waals surface area contributed by atoms with Crippen molar-refractivity contribution in [3.8, 4) is 0 Å². The van der Waals surface area contributed by atoms with Crippen molar-refractivity contribution >= 4 is 12.3 Å². The predicted molar refractivity (Wildman–Crippen MR) is 129 cm³/mol. The van der Waals surface area contributed by atoms with Crippen LogP contribution in [0.5, 0.6) is 0 Å². The number of carbonyl (C=O) groups is 2. The molecule has 0 radical (unpaired) electrons. The number of hydrogen-bond donors (Lipinski definition) is 5. The van der Waals surface area contributed by atoms with Crippen LogP contribution in [0.1, 0.15) is 96.8 Å². The van der Waals surface area contributed by atoms with Gasteiger partial charge in [0, 0.05) is 6.42 Å². The Labute approximate surface area is 199 Å². The summed E-state index contributed by atoms with van der Waals surface area (Å²) in [5.74, 6) is -0.0763. The molecule has 0 saturated heterocycles. The zero-order valence-electron chi connectivity index (χ0n) is 20.6. The predicted octanol–water partition coefficient (Wildman–Crippen LogP) is 2.82. The van der Waals surface area contributed by atoms with Gasteiger partial charge in [-0.3, -0.25) is 4.79 Å². The maximum Gasteiger partial charge on any atom is 0.305 e. The van der Waals surface area contributed by atoms with E-state index in [0.29, 0.717) is 6.42 Å². The lowest BCUT2D eigenvalue weighted by molar-refractivity contribution is -0.140. The van der Waals surface area contributed by atoms with Gasteiger partial charge < -0.3 is 35.1 Å². The van der Waals surface area contributed by atoms with Crippen molar-refractivity contribution in [2.45, 2.75) is 121 Å². The Hall–Kier alpha value is -1.32. The Balaban J connectivity index is 0. The number of aliphatic hydroxyl groups excluding tert-OH is 5. The van der Waals surface area contributed by atoms with Gasteiger partial charge in [-0.05, 0) is 32.1 Å². The van der Waals surface area contributed by atoms with Crippen LogP contribution in [0.3, 0.4) is 0 Å². The van der Waals surface area contributed by atoms with Crippen LogP contribution in [0.2, 0.25) is 0 Å². The molecule has 0 amide bonds. The number of carbonyl (C=O) groups excluding carboxylic acids is 2. The fraction of sp³-hybridized carbons (Fsp3) is 0.840. The third-order valence-electron chi connectivity index (χ3n) is 5.29. The molecular formula is C25H48O8. The molecule has 0 aliphatic carbocycles. The minimum atomic E-state index is -1.79. The van der Waals surface area contributed by atoms with Crippen LogP contribution in [-0.2, 0) is 14.3 Å². The molecule has 0 saturated carbocycles. The van der Waals surface area contributed by atoms with E-state index in [0.717, 1.165) is 12.8 Å². The van der Waals surface area contributed by atoms with Gasteiger partial charge in [-0.15, -0.1) is 0 Å². The van der Waals surface area contributed by atoms with Crippen LogP contribution in [0, 0.1) is 0 Å². The van der Waals surface area contributed by atoms with Crippen LogP contribution >= 0.6 is 0 Å². The SMILES string of the molecule is CCCCCCCC/C=C\CCCCCCCC(=O)OC.O=C[C@H](O)[C@@H](O)[C@H](O)[C@H](O)CO. The van der Waals surface area contributed by atoms with E-state index in [1.54, 1.807) is 0 Å². The van der Waals surface area contributed by atoms with E-state index in [-0.39, 0.29) is 12.3 Å². The number of allylic oxidation sites excluding steroid dienone is 2. The Kier molecular flexibility index (Phi) is 26.0. The molecule has 0 aromatic heterocycles. The van der Waals surface area contributed by atoms with Gasteiger partial charge in [-0.25, -0.2) is 0 Å². The maximum atomic E-state index is 10.9. The smallest absolute Gasteiger partial charge is 0.305 e. The largest absolute Gasteiger partial charge is 0.469 e. The molecular weight excluding hydrogens is 428 g/mol. The first-order chi connectivity index (χ1) is 15.8. The van der Waals surface area contributed by atoms with E-state index in [4.69, 9.17) is 25.5 Å². The number of hydrogen-bond acceptors (Lipinski definition) is 8. The van der Waals surface area contributed by atoms with Gasteiger partial charge in [-0.2, -0.15) is 0 Å². The summed E-state index contributed by atoms with van der Waals surface area (Å²) in [6.07, 6.45) is 15.1. The fourth-order valence-corrected chi connectivity index (χ4v) is 3.06. The molecule has 0 aromatic rings. The molecule has 0 bridgehead atoms. The molecule has 5 N–H and O–H groups in total. The zero-order valence-corrected chi connectivity index (χ0v) is 20.6. The summed E-state index contributed by atoms with van der Waals surface area (Å²) in [4.78, 5) is 20.8. The van der Waals surface area contributed by atoms with E-state index >= 15 is 0 Å². The van der Waals surface area contributed by atoms with E-state index < -0.39 is 31.0 Å². The average molecular weight is 477 g/mol. The number of esters is 1. The number of ether oxygens (including phenoxy) is 1. The topological polar surface area (TPSA) is 145 Å². The summed E-state index contributed by atoms with van der Waals surface area (Å²) in [5.41, 5.74) is 0. The van der Waals surface area contributed by atoms with Crippen LogP contribution < -0.4 is 0 Å². The highest BCUT2D eigenvalue weighted by Gasteiger charge is 2.29. The van der Waals surface area contributed by atoms with Crippen molar-refractivity contribution in [1.82, 2.24) is 0 Å². The van der Waals surface area contributed by atoms with Crippen molar-refractivity contribution in [3.05, 3.63) is 12.2 Å². The quantitative estimate of drug-likeness (QED) is 0.0781. The molecule has 8 heteroatoms. The molecule has 0 heterocycles. The minimum absolute atomic E-state index is 0.0258. The molecule has 0 unspecified atom stereocenters. The van der Waals surface area contributed by atoms with Gasteiger partial charge in [0.1, 0.15) is 24.4 Å². The molecule has 4 atom stereocenters. The summed E-state index contributed by atoms with van der Waals surface area (Å²) >= 11 is 0. The van der Waals surface area contributed by atoms with Crippen molar-refractivity contribution < 1.29 is 39.9 Å². The van der Waals surface area contributed by atoms with Crippen molar-refractivity contribution in [2.24, 2.45) is 0 Å². The Bertz CT molecular complexity index is 469. The normalized spacial score (nSPS) is 14.8. The molecule has 8 nitrogen and oxygen atoms in total. The summed E-state index contributed by atoms with van der Waals surface area (Å²) in [6, 6.07) is 0. The summed E-state index contributed by atoms with van der Waals surface area (Å²) in [7, 11) is 1.46. The van der Waals surface area contributed by atoms with Crippen molar-refractivity contribution in [2.75, 3.05) is 13.7 Å². The molecule has 0 aromatic carbocycles. The fourth-order valence-electron chi connectivity index (χ4n) is 3.06. The Morgan fingerprint density at radius 2 is 1.27 bits per heavy atom. The third kappa shape index (κ3) is 22.2.